The predicted molar refractivity (Wildman–Crippen MR) is 52.5 cm³/mol. The average molecular weight is 188 g/mol. The van der Waals surface area contributed by atoms with E-state index < -0.39 is 14.3 Å². The quantitative estimate of drug-likeness (QED) is 0.543. The standard InChI is InChI=1S/C5H12OSi.C3H4O2/c1-5-7(3,4)6-2;1-2-3(4)5/h5H,1H2,2-4H3;2H,1H2,(H,4,5). The molecule has 0 saturated heterocycles. The van der Waals surface area contributed by atoms with Gasteiger partial charge in [0.15, 0.2) is 0 Å². The molecule has 0 atom stereocenters. The number of hydrogen-bond donors (Lipinski definition) is 1. The topological polar surface area (TPSA) is 46.5 Å². The molecule has 0 heterocycles. The molecule has 0 spiro atoms. The highest BCUT2D eigenvalue weighted by Crippen LogP contribution is 2.00. The highest BCUT2D eigenvalue weighted by atomic mass is 28.4. The van der Waals surface area contributed by atoms with Crippen molar-refractivity contribution in [3.63, 3.8) is 0 Å². The lowest BCUT2D eigenvalue weighted by molar-refractivity contribution is -0.131. The largest absolute Gasteiger partial charge is 0.478 e. The van der Waals surface area contributed by atoms with E-state index in [0.717, 1.165) is 6.08 Å². The van der Waals surface area contributed by atoms with Crippen molar-refractivity contribution in [1.29, 1.82) is 0 Å². The van der Waals surface area contributed by atoms with E-state index in [1.54, 1.807) is 7.11 Å². The Morgan fingerprint density at radius 1 is 1.50 bits per heavy atom. The number of rotatable bonds is 3. The van der Waals surface area contributed by atoms with Gasteiger partial charge in [-0.2, -0.15) is 0 Å². The maximum absolute atomic E-state index is 9.25. The lowest BCUT2D eigenvalue weighted by Gasteiger charge is -2.12. The Labute approximate surface area is 74.5 Å². The van der Waals surface area contributed by atoms with E-state index >= 15 is 0 Å². The molecule has 1 N–H and O–H groups in total. The summed E-state index contributed by atoms with van der Waals surface area (Å²) in [6.07, 6.45) is 0.833. The Morgan fingerprint density at radius 2 is 1.83 bits per heavy atom. The minimum atomic E-state index is -1.39. The third kappa shape index (κ3) is 11.9. The predicted octanol–water partition coefficient (Wildman–Crippen LogP) is 1.82. The van der Waals surface area contributed by atoms with Gasteiger partial charge in [-0.15, -0.1) is 6.58 Å². The molecule has 0 rings (SSSR count). The van der Waals surface area contributed by atoms with Crippen molar-refractivity contribution in [3.8, 4) is 0 Å². The molecule has 0 aliphatic carbocycles. The van der Waals surface area contributed by atoms with Gasteiger partial charge in [0.1, 0.15) is 0 Å². The van der Waals surface area contributed by atoms with Crippen LogP contribution in [0, 0.1) is 0 Å². The summed E-state index contributed by atoms with van der Waals surface area (Å²) < 4.78 is 5.11. The van der Waals surface area contributed by atoms with E-state index in [9.17, 15) is 4.79 Å². The number of carboxylic acid groups (broad SMARTS) is 1. The molecule has 12 heavy (non-hydrogen) atoms. The smallest absolute Gasteiger partial charge is 0.327 e. The van der Waals surface area contributed by atoms with Gasteiger partial charge in [-0.3, -0.25) is 0 Å². The molecule has 0 aromatic carbocycles. The second-order valence-corrected chi connectivity index (χ2v) is 6.58. The van der Waals surface area contributed by atoms with Gasteiger partial charge in [0, 0.05) is 13.2 Å². The van der Waals surface area contributed by atoms with Gasteiger partial charge >= 0.3 is 5.97 Å². The summed E-state index contributed by atoms with van der Waals surface area (Å²) in [5, 5.41) is 7.60. The zero-order chi connectivity index (χ0) is 10.2. The van der Waals surface area contributed by atoms with Gasteiger partial charge in [-0.1, -0.05) is 12.3 Å². The van der Waals surface area contributed by atoms with Crippen molar-refractivity contribution < 1.29 is 14.3 Å². The van der Waals surface area contributed by atoms with Crippen LogP contribution in [0.1, 0.15) is 0 Å². The maximum Gasteiger partial charge on any atom is 0.327 e. The average Bonchev–Trinajstić information content (AvgIpc) is 2.05. The first kappa shape index (κ1) is 13.7. The van der Waals surface area contributed by atoms with Gasteiger partial charge in [-0.05, 0) is 13.1 Å². The van der Waals surface area contributed by atoms with Crippen molar-refractivity contribution in [2.75, 3.05) is 7.11 Å². The molecule has 0 aliphatic heterocycles. The van der Waals surface area contributed by atoms with Gasteiger partial charge in [0.2, 0.25) is 8.32 Å². The highest BCUT2D eigenvalue weighted by molar-refractivity contribution is 6.76. The van der Waals surface area contributed by atoms with Crippen LogP contribution in [0.15, 0.2) is 24.9 Å². The van der Waals surface area contributed by atoms with Crippen molar-refractivity contribution >= 4 is 14.3 Å². The second kappa shape index (κ2) is 6.81. The van der Waals surface area contributed by atoms with Crippen molar-refractivity contribution in [1.82, 2.24) is 0 Å². The summed E-state index contributed by atoms with van der Waals surface area (Å²) in [6, 6.07) is 0. The molecule has 3 nitrogen and oxygen atoms in total. The third-order valence-corrected chi connectivity index (χ3v) is 3.23. The number of carboxylic acids is 1. The molecular formula is C8H16O3Si. The lowest BCUT2D eigenvalue weighted by atomic mass is 10.7. The van der Waals surface area contributed by atoms with Gasteiger partial charge in [0.25, 0.3) is 0 Å². The van der Waals surface area contributed by atoms with Gasteiger partial charge < -0.3 is 9.53 Å². The molecule has 0 amide bonds. The Hall–Kier alpha value is -0.873. The highest BCUT2D eigenvalue weighted by Gasteiger charge is 2.13. The first-order valence-electron chi connectivity index (χ1n) is 3.43. The van der Waals surface area contributed by atoms with E-state index in [1.807, 2.05) is 5.70 Å². The molecule has 0 bridgehead atoms. The van der Waals surface area contributed by atoms with Crippen LogP contribution in [0.2, 0.25) is 13.1 Å². The Morgan fingerprint density at radius 3 is 1.83 bits per heavy atom. The summed E-state index contributed by atoms with van der Waals surface area (Å²) >= 11 is 0. The molecule has 70 valence electrons. The van der Waals surface area contributed by atoms with Gasteiger partial charge in [-0.25, -0.2) is 4.79 Å². The maximum atomic E-state index is 9.25. The van der Waals surface area contributed by atoms with Crippen LogP contribution < -0.4 is 0 Å². The van der Waals surface area contributed by atoms with Crippen molar-refractivity contribution in [2.45, 2.75) is 13.1 Å². The zero-order valence-electron chi connectivity index (χ0n) is 7.83. The molecule has 0 saturated carbocycles. The monoisotopic (exact) mass is 188 g/mol. The molecule has 4 heteroatoms. The molecule has 0 fully saturated rings. The number of aliphatic carboxylic acids is 1. The van der Waals surface area contributed by atoms with Crippen molar-refractivity contribution in [2.24, 2.45) is 0 Å². The fraction of sp³-hybridized carbons (Fsp3) is 0.375. The first-order valence-corrected chi connectivity index (χ1v) is 6.42. The summed E-state index contributed by atoms with van der Waals surface area (Å²) in [5.74, 6) is -0.981. The Balaban J connectivity index is 0. The Bertz CT molecular complexity index is 164. The van der Waals surface area contributed by atoms with Crippen LogP contribution in [-0.2, 0) is 9.22 Å². The van der Waals surface area contributed by atoms with Crippen LogP contribution in [0.3, 0.4) is 0 Å². The molecular weight excluding hydrogens is 172 g/mol. The molecule has 0 unspecified atom stereocenters. The fourth-order valence-corrected chi connectivity index (χ4v) is 0.250. The molecule has 0 aromatic heterocycles. The van der Waals surface area contributed by atoms with Gasteiger partial charge in [0.05, 0.1) is 0 Å². The van der Waals surface area contributed by atoms with Crippen LogP contribution in [0.4, 0.5) is 0 Å². The lowest BCUT2D eigenvalue weighted by Crippen LogP contribution is -2.24. The fourth-order valence-electron chi connectivity index (χ4n) is 0.0833. The van der Waals surface area contributed by atoms with Crippen LogP contribution >= 0.6 is 0 Å². The van der Waals surface area contributed by atoms with Crippen molar-refractivity contribution in [3.05, 3.63) is 24.9 Å². The SMILES string of the molecule is C=CC(=O)O.C=C[Si](C)(C)OC. The minimum absolute atomic E-state index is 0.833. The van der Waals surface area contributed by atoms with Crippen LogP contribution in [0.5, 0.6) is 0 Å². The minimum Gasteiger partial charge on any atom is -0.478 e. The summed E-state index contributed by atoms with van der Waals surface area (Å²) in [6.45, 7) is 10.8. The Kier molecular flexibility index (Phi) is 7.78. The summed E-state index contributed by atoms with van der Waals surface area (Å²) in [5.41, 5.74) is 1.91. The van der Waals surface area contributed by atoms with Crippen LogP contribution in [0.25, 0.3) is 0 Å². The van der Waals surface area contributed by atoms with E-state index in [0.29, 0.717) is 0 Å². The van der Waals surface area contributed by atoms with E-state index in [-0.39, 0.29) is 0 Å². The van der Waals surface area contributed by atoms with E-state index in [1.165, 1.54) is 0 Å². The summed E-state index contributed by atoms with van der Waals surface area (Å²) in [4.78, 5) is 9.25. The third-order valence-electron chi connectivity index (χ3n) is 1.19. The normalized spacial score (nSPS) is 9.25. The second-order valence-electron chi connectivity index (χ2n) is 2.55. The molecule has 0 radical (unpaired) electrons. The number of hydrogen-bond acceptors (Lipinski definition) is 2. The van der Waals surface area contributed by atoms with Crippen LogP contribution in [-0.4, -0.2) is 26.5 Å². The van der Waals surface area contributed by atoms with E-state index in [4.69, 9.17) is 9.53 Å². The molecule has 0 aliphatic rings. The first-order chi connectivity index (χ1) is 5.39. The number of carbonyl (C=O) groups is 1. The molecule has 0 aromatic rings. The zero-order valence-corrected chi connectivity index (χ0v) is 8.83. The van der Waals surface area contributed by atoms with E-state index in [2.05, 4.69) is 26.3 Å². The summed E-state index contributed by atoms with van der Waals surface area (Å²) in [7, 11) is 0.343.